The molecule has 0 radical (unpaired) electrons. The lowest BCUT2D eigenvalue weighted by molar-refractivity contribution is -0.141. The molecular weight excluding hydrogens is 476 g/mol. The molecule has 4 atom stereocenters. The molecule has 0 spiro atoms. The van der Waals surface area contributed by atoms with Gasteiger partial charge in [0.2, 0.25) is 12.5 Å². The van der Waals surface area contributed by atoms with Crippen LogP contribution in [0, 0.1) is 11.8 Å². The van der Waals surface area contributed by atoms with Crippen molar-refractivity contribution in [1.29, 1.82) is 0 Å². The summed E-state index contributed by atoms with van der Waals surface area (Å²) in [5, 5.41) is 10.5. The van der Waals surface area contributed by atoms with Crippen molar-refractivity contribution in [3.05, 3.63) is 41.0 Å². The number of carbonyl (C=O) groups is 1. The number of carbonyl (C=O) groups excluding carboxylic acids is 1. The van der Waals surface area contributed by atoms with Gasteiger partial charge in [-0.3, -0.25) is 4.79 Å². The molecule has 2 heterocycles. The van der Waals surface area contributed by atoms with Gasteiger partial charge in [0.15, 0.2) is 23.0 Å². The molecule has 9 heteroatoms. The quantitative estimate of drug-likeness (QED) is 0.509. The zero-order valence-corrected chi connectivity index (χ0v) is 22.2. The van der Waals surface area contributed by atoms with Crippen LogP contribution in [-0.4, -0.2) is 89.3 Å². The van der Waals surface area contributed by atoms with Gasteiger partial charge in [-0.05, 0) is 81.0 Å². The average Bonchev–Trinajstić information content (AvgIpc) is 3.50. The van der Waals surface area contributed by atoms with Crippen LogP contribution < -0.4 is 18.9 Å². The molecule has 2 aromatic rings. The maximum atomic E-state index is 13.3. The molecule has 0 saturated carbocycles. The van der Waals surface area contributed by atoms with Crippen LogP contribution in [0.3, 0.4) is 0 Å². The Labute approximate surface area is 217 Å². The van der Waals surface area contributed by atoms with E-state index in [0.717, 1.165) is 48.5 Å². The summed E-state index contributed by atoms with van der Waals surface area (Å²) < 4.78 is 28.1. The summed E-state index contributed by atoms with van der Waals surface area (Å²) >= 11 is 0. The number of hydrogen-bond donors (Lipinski definition) is 1. The van der Waals surface area contributed by atoms with E-state index in [9.17, 15) is 9.90 Å². The van der Waals surface area contributed by atoms with Crippen LogP contribution in [-0.2, 0) is 9.53 Å². The minimum absolute atomic E-state index is 0.0124. The van der Waals surface area contributed by atoms with Crippen molar-refractivity contribution in [3.8, 4) is 28.7 Å². The van der Waals surface area contributed by atoms with Crippen LogP contribution in [0.4, 0.5) is 0 Å². The van der Waals surface area contributed by atoms with E-state index < -0.39 is 0 Å². The molecular formula is C28H36N2O7. The molecule has 1 aliphatic carbocycles. The molecule has 2 aliphatic heterocycles. The summed E-state index contributed by atoms with van der Waals surface area (Å²) in [6.45, 7) is 3.40. The molecule has 0 bridgehead atoms. The molecule has 2 aromatic carbocycles. The lowest BCUT2D eigenvalue weighted by Crippen LogP contribution is -2.37. The Hall–Kier alpha value is -3.17. The van der Waals surface area contributed by atoms with Crippen LogP contribution in [0.5, 0.6) is 28.7 Å². The number of esters is 1. The third kappa shape index (κ3) is 4.66. The van der Waals surface area contributed by atoms with Crippen LogP contribution >= 0.6 is 0 Å². The first-order valence-electron chi connectivity index (χ1n) is 12.7. The standard InChI is InChI=1S/C28H36N2O7/c1-29(2)8-9-30(3)7-6-17-18-12-21-22(37-15-36-21)13-19(18)25(26-20(17)14-35-28(26)32)16-10-23(33-4)27(31)24(11-16)34-5/h10-13,17,20,25-26,31H,6-9,14-15H2,1-5H3/t17-,20-,25-,26+/m1/s1. The largest absolute Gasteiger partial charge is 0.502 e. The van der Waals surface area contributed by atoms with Crippen molar-refractivity contribution < 1.29 is 33.6 Å². The molecule has 1 N–H and O–H groups in total. The number of nitrogens with zero attached hydrogens (tertiary/aromatic N) is 2. The molecule has 9 nitrogen and oxygen atoms in total. The van der Waals surface area contributed by atoms with Crippen molar-refractivity contribution >= 4 is 5.97 Å². The van der Waals surface area contributed by atoms with E-state index in [-0.39, 0.29) is 42.2 Å². The number of rotatable bonds is 9. The monoisotopic (exact) mass is 512 g/mol. The molecule has 0 unspecified atom stereocenters. The highest BCUT2D eigenvalue weighted by Crippen LogP contribution is 2.56. The molecule has 200 valence electrons. The highest BCUT2D eigenvalue weighted by molar-refractivity contribution is 5.79. The number of aromatic hydroxyl groups is 1. The van der Waals surface area contributed by atoms with Gasteiger partial charge in [-0.15, -0.1) is 0 Å². The minimum atomic E-state index is -0.371. The van der Waals surface area contributed by atoms with Gasteiger partial charge >= 0.3 is 5.97 Å². The fraction of sp³-hybridized carbons (Fsp3) is 0.536. The molecule has 5 rings (SSSR count). The summed E-state index contributed by atoms with van der Waals surface area (Å²) in [5.74, 6) is 1.18. The minimum Gasteiger partial charge on any atom is -0.502 e. The number of phenols is 1. The van der Waals surface area contributed by atoms with Crippen LogP contribution in [0.25, 0.3) is 0 Å². The van der Waals surface area contributed by atoms with Gasteiger partial charge in [-0.25, -0.2) is 0 Å². The first-order valence-corrected chi connectivity index (χ1v) is 12.7. The Morgan fingerprint density at radius 1 is 0.919 bits per heavy atom. The molecule has 37 heavy (non-hydrogen) atoms. The number of benzene rings is 2. The average molecular weight is 513 g/mol. The van der Waals surface area contributed by atoms with Crippen LogP contribution in [0.2, 0.25) is 0 Å². The third-order valence-electron chi connectivity index (χ3n) is 7.95. The highest BCUT2D eigenvalue weighted by atomic mass is 16.7. The maximum absolute atomic E-state index is 13.3. The number of likely N-dealkylation sites (N-methyl/N-ethyl adjacent to an activating group) is 2. The number of phenolic OH excluding ortho intramolecular Hbond substituents is 1. The van der Waals surface area contributed by atoms with Crippen molar-refractivity contribution in [2.45, 2.75) is 18.3 Å². The van der Waals surface area contributed by atoms with E-state index in [1.807, 2.05) is 6.07 Å². The van der Waals surface area contributed by atoms with Gasteiger partial charge in [0.25, 0.3) is 0 Å². The fourth-order valence-electron chi connectivity index (χ4n) is 5.98. The first kappa shape index (κ1) is 25.5. The predicted octanol–water partition coefficient (Wildman–Crippen LogP) is 3.04. The fourth-order valence-corrected chi connectivity index (χ4v) is 5.98. The Morgan fingerprint density at radius 2 is 1.57 bits per heavy atom. The Balaban J connectivity index is 1.59. The molecule has 0 amide bonds. The lowest BCUT2D eigenvalue weighted by Gasteiger charge is -2.40. The number of methoxy groups -OCH3 is 2. The van der Waals surface area contributed by atoms with Gasteiger partial charge in [0, 0.05) is 24.9 Å². The van der Waals surface area contributed by atoms with E-state index in [2.05, 4.69) is 37.0 Å². The first-order chi connectivity index (χ1) is 17.8. The van der Waals surface area contributed by atoms with Crippen molar-refractivity contribution in [2.24, 2.45) is 11.8 Å². The highest BCUT2D eigenvalue weighted by Gasteiger charge is 2.52. The predicted molar refractivity (Wildman–Crippen MR) is 137 cm³/mol. The van der Waals surface area contributed by atoms with Gasteiger partial charge in [-0.1, -0.05) is 0 Å². The second-order valence-electron chi connectivity index (χ2n) is 10.4. The van der Waals surface area contributed by atoms with Gasteiger partial charge < -0.3 is 38.6 Å². The molecule has 1 fully saturated rings. The molecule has 3 aliphatic rings. The molecule has 1 saturated heterocycles. The second kappa shape index (κ2) is 10.3. The SMILES string of the molecule is COc1cc([C@@H]2c3cc4c(cc3[C@@H](CCN(C)CCN(C)C)[C@H]3COC(=O)[C@H]23)OCO4)cc(OC)c1O. The number of cyclic esters (lactones) is 1. The maximum Gasteiger partial charge on any atom is 0.310 e. The van der Waals surface area contributed by atoms with E-state index >= 15 is 0 Å². The van der Waals surface area contributed by atoms with Crippen LogP contribution in [0.15, 0.2) is 24.3 Å². The van der Waals surface area contributed by atoms with E-state index in [1.165, 1.54) is 14.2 Å². The van der Waals surface area contributed by atoms with Gasteiger partial charge in [0.1, 0.15) is 0 Å². The summed E-state index contributed by atoms with van der Waals surface area (Å²) in [6, 6.07) is 7.67. The third-order valence-corrected chi connectivity index (χ3v) is 7.95. The van der Waals surface area contributed by atoms with Crippen molar-refractivity contribution in [1.82, 2.24) is 9.80 Å². The van der Waals surface area contributed by atoms with E-state index in [1.54, 1.807) is 12.1 Å². The Kier molecular flexibility index (Phi) is 7.09. The molecule has 0 aromatic heterocycles. The summed E-state index contributed by atoms with van der Waals surface area (Å²) in [5.41, 5.74) is 2.99. The smallest absolute Gasteiger partial charge is 0.310 e. The van der Waals surface area contributed by atoms with Gasteiger partial charge in [-0.2, -0.15) is 0 Å². The number of fused-ring (bicyclic) bond motifs is 3. The topological polar surface area (TPSA) is 89.9 Å². The summed E-state index contributed by atoms with van der Waals surface area (Å²) in [6.07, 6.45) is 0.892. The summed E-state index contributed by atoms with van der Waals surface area (Å²) in [7, 11) is 9.29. The number of hydrogen-bond acceptors (Lipinski definition) is 9. The Bertz CT molecular complexity index is 1140. The lowest BCUT2D eigenvalue weighted by atomic mass is 9.62. The van der Waals surface area contributed by atoms with Crippen molar-refractivity contribution in [2.75, 3.05) is 68.4 Å². The zero-order valence-electron chi connectivity index (χ0n) is 22.2. The van der Waals surface area contributed by atoms with E-state index in [4.69, 9.17) is 23.7 Å². The van der Waals surface area contributed by atoms with Crippen LogP contribution in [0.1, 0.15) is 34.9 Å². The van der Waals surface area contributed by atoms with Gasteiger partial charge in [0.05, 0.1) is 26.7 Å². The summed E-state index contributed by atoms with van der Waals surface area (Å²) in [4.78, 5) is 17.8. The number of ether oxygens (including phenoxy) is 5. The zero-order chi connectivity index (χ0) is 26.3. The van der Waals surface area contributed by atoms with E-state index in [0.29, 0.717) is 23.9 Å². The normalized spacial score (nSPS) is 23.7. The van der Waals surface area contributed by atoms with Crippen molar-refractivity contribution in [3.63, 3.8) is 0 Å². The Morgan fingerprint density at radius 3 is 2.19 bits per heavy atom. The second-order valence-corrected chi connectivity index (χ2v) is 10.4.